The largest absolute Gasteiger partial charge is 0.370 e. The van der Waals surface area contributed by atoms with Crippen LogP contribution in [0.15, 0.2) is 18.3 Å². The first-order chi connectivity index (χ1) is 9.19. The Hall–Kier alpha value is -1.63. The topological polar surface area (TPSA) is 88.2 Å². The number of amides is 1. The number of hydrogen-bond acceptors (Lipinski definition) is 5. The molecule has 1 aromatic heterocycles. The molecule has 7 heteroatoms. The zero-order valence-electron chi connectivity index (χ0n) is 12.2. The van der Waals surface area contributed by atoms with Crippen LogP contribution < -0.4 is 10.6 Å². The summed E-state index contributed by atoms with van der Waals surface area (Å²) in [4.78, 5) is 16.2. The fourth-order valence-corrected chi connectivity index (χ4v) is 1.75. The zero-order valence-corrected chi connectivity index (χ0v) is 13.0. The molecule has 112 valence electrons. The third-order valence-electron chi connectivity index (χ3n) is 3.07. The average Bonchev–Trinajstić information content (AvgIpc) is 2.36. The van der Waals surface area contributed by atoms with Gasteiger partial charge in [0.05, 0.1) is 10.3 Å². The molecule has 20 heavy (non-hydrogen) atoms. The maximum Gasteiger partial charge on any atom is 0.255 e. The summed E-state index contributed by atoms with van der Waals surface area (Å²) in [5.41, 5.74) is 0.402. The van der Waals surface area contributed by atoms with Gasteiger partial charge in [0.25, 0.3) is 5.91 Å². The van der Waals surface area contributed by atoms with Crippen molar-refractivity contribution >= 4 is 21.6 Å². The van der Waals surface area contributed by atoms with Gasteiger partial charge in [0.15, 0.2) is 9.84 Å². The molecule has 0 aliphatic carbocycles. The Kier molecular flexibility index (Phi) is 5.10. The van der Waals surface area contributed by atoms with Gasteiger partial charge in [0.2, 0.25) is 0 Å². The summed E-state index contributed by atoms with van der Waals surface area (Å²) in [6.45, 7) is 5.76. The summed E-state index contributed by atoms with van der Waals surface area (Å²) < 4.78 is 22.2. The van der Waals surface area contributed by atoms with Gasteiger partial charge >= 0.3 is 0 Å². The lowest BCUT2D eigenvalue weighted by Gasteiger charge is -2.23. The number of pyridine rings is 1. The standard InChI is InChI=1S/C13H21N3O3S/c1-5-14-11-10(7-6-8-15-11)12(17)16-9-13(2,3)20(4,18)19/h6-8H,5,9H2,1-4H3,(H,14,15)(H,16,17). The van der Waals surface area contributed by atoms with Crippen molar-refractivity contribution < 1.29 is 13.2 Å². The van der Waals surface area contributed by atoms with E-state index in [0.717, 1.165) is 6.26 Å². The lowest BCUT2D eigenvalue weighted by molar-refractivity contribution is 0.0951. The summed E-state index contributed by atoms with van der Waals surface area (Å²) >= 11 is 0. The molecule has 0 aliphatic rings. The number of hydrogen-bond donors (Lipinski definition) is 2. The van der Waals surface area contributed by atoms with Crippen LogP contribution in [0.4, 0.5) is 5.82 Å². The van der Waals surface area contributed by atoms with Crippen molar-refractivity contribution in [2.75, 3.05) is 24.7 Å². The van der Waals surface area contributed by atoms with Gasteiger partial charge in [-0.15, -0.1) is 0 Å². The minimum absolute atomic E-state index is 0.0468. The second-order valence-electron chi connectivity index (χ2n) is 5.14. The van der Waals surface area contributed by atoms with Gasteiger partial charge in [-0.1, -0.05) is 0 Å². The molecular weight excluding hydrogens is 278 g/mol. The smallest absolute Gasteiger partial charge is 0.255 e. The van der Waals surface area contributed by atoms with Crippen molar-refractivity contribution in [3.63, 3.8) is 0 Å². The molecule has 0 aliphatic heterocycles. The van der Waals surface area contributed by atoms with E-state index in [1.807, 2.05) is 6.92 Å². The van der Waals surface area contributed by atoms with Crippen LogP contribution in [0.25, 0.3) is 0 Å². The Morgan fingerprint density at radius 2 is 2.05 bits per heavy atom. The Morgan fingerprint density at radius 3 is 2.60 bits per heavy atom. The van der Waals surface area contributed by atoms with Gasteiger partial charge in [-0.25, -0.2) is 13.4 Å². The second-order valence-corrected chi connectivity index (χ2v) is 7.79. The van der Waals surface area contributed by atoms with Crippen LogP contribution in [0.1, 0.15) is 31.1 Å². The molecular formula is C13H21N3O3S. The van der Waals surface area contributed by atoms with Crippen LogP contribution >= 0.6 is 0 Å². The summed E-state index contributed by atoms with van der Waals surface area (Å²) in [7, 11) is -3.25. The molecule has 1 heterocycles. The molecule has 1 amide bonds. The Bertz CT molecular complexity index is 582. The molecule has 0 saturated carbocycles. The summed E-state index contributed by atoms with van der Waals surface area (Å²) in [6, 6.07) is 3.31. The minimum Gasteiger partial charge on any atom is -0.370 e. The van der Waals surface area contributed by atoms with Crippen molar-refractivity contribution in [3.8, 4) is 0 Å². The normalized spacial score (nSPS) is 12.0. The van der Waals surface area contributed by atoms with Crippen LogP contribution in [-0.4, -0.2) is 43.4 Å². The molecule has 0 unspecified atom stereocenters. The van der Waals surface area contributed by atoms with Gasteiger partial charge < -0.3 is 10.6 Å². The van der Waals surface area contributed by atoms with Crippen molar-refractivity contribution in [2.45, 2.75) is 25.5 Å². The first-order valence-corrected chi connectivity index (χ1v) is 8.25. The molecule has 1 rings (SSSR count). The number of nitrogens with zero attached hydrogens (tertiary/aromatic N) is 1. The fourth-order valence-electron chi connectivity index (χ4n) is 1.42. The molecule has 0 fully saturated rings. The van der Waals surface area contributed by atoms with Crippen molar-refractivity contribution in [3.05, 3.63) is 23.9 Å². The summed E-state index contributed by atoms with van der Waals surface area (Å²) in [5, 5.41) is 5.64. The predicted molar refractivity (Wildman–Crippen MR) is 79.7 cm³/mol. The van der Waals surface area contributed by atoms with Gasteiger partial charge in [0, 0.05) is 25.5 Å². The summed E-state index contributed by atoms with van der Waals surface area (Å²) in [6.07, 6.45) is 2.75. The number of nitrogens with one attached hydrogen (secondary N) is 2. The Labute approximate surface area is 119 Å². The van der Waals surface area contributed by atoms with Gasteiger partial charge in [-0.05, 0) is 32.9 Å². The molecule has 1 aromatic rings. The number of carbonyl (C=O) groups is 1. The number of anilines is 1. The predicted octanol–water partition coefficient (Wildman–Crippen LogP) is 1.07. The third-order valence-corrected chi connectivity index (χ3v) is 5.23. The van der Waals surface area contributed by atoms with Crippen LogP contribution in [0, 0.1) is 0 Å². The lowest BCUT2D eigenvalue weighted by Crippen LogP contribution is -2.43. The lowest BCUT2D eigenvalue weighted by atomic mass is 10.2. The Balaban J connectivity index is 2.83. The highest BCUT2D eigenvalue weighted by Crippen LogP contribution is 2.15. The van der Waals surface area contributed by atoms with Crippen molar-refractivity contribution in [1.29, 1.82) is 0 Å². The zero-order chi connectivity index (χ0) is 15.4. The molecule has 0 spiro atoms. The van der Waals surface area contributed by atoms with E-state index in [4.69, 9.17) is 0 Å². The maximum atomic E-state index is 12.1. The second kappa shape index (κ2) is 6.21. The Morgan fingerprint density at radius 1 is 1.40 bits per heavy atom. The number of sulfone groups is 1. The van der Waals surface area contributed by atoms with E-state index in [0.29, 0.717) is 17.9 Å². The van der Waals surface area contributed by atoms with E-state index >= 15 is 0 Å². The molecule has 6 nitrogen and oxygen atoms in total. The first-order valence-electron chi connectivity index (χ1n) is 6.35. The summed E-state index contributed by atoms with van der Waals surface area (Å²) in [5.74, 6) is 0.149. The van der Waals surface area contributed by atoms with Crippen molar-refractivity contribution in [2.24, 2.45) is 0 Å². The van der Waals surface area contributed by atoms with Crippen LogP contribution in [0.5, 0.6) is 0 Å². The van der Waals surface area contributed by atoms with E-state index in [1.54, 1.807) is 32.2 Å². The van der Waals surface area contributed by atoms with Gasteiger partial charge in [-0.3, -0.25) is 4.79 Å². The number of rotatable bonds is 6. The molecule has 0 saturated heterocycles. The quantitative estimate of drug-likeness (QED) is 0.820. The SMILES string of the molecule is CCNc1ncccc1C(=O)NCC(C)(C)S(C)(=O)=O. The average molecular weight is 299 g/mol. The minimum atomic E-state index is -3.25. The monoisotopic (exact) mass is 299 g/mol. The third kappa shape index (κ3) is 3.93. The highest BCUT2D eigenvalue weighted by Gasteiger charge is 2.30. The van der Waals surface area contributed by atoms with E-state index in [1.165, 1.54) is 0 Å². The van der Waals surface area contributed by atoms with Crippen molar-refractivity contribution in [1.82, 2.24) is 10.3 Å². The van der Waals surface area contributed by atoms with E-state index in [-0.39, 0.29) is 12.5 Å². The maximum absolute atomic E-state index is 12.1. The van der Waals surface area contributed by atoms with E-state index < -0.39 is 14.6 Å². The molecule has 0 radical (unpaired) electrons. The highest BCUT2D eigenvalue weighted by molar-refractivity contribution is 7.92. The van der Waals surface area contributed by atoms with Gasteiger partial charge in [0.1, 0.15) is 5.82 Å². The molecule has 0 atom stereocenters. The molecule has 0 bridgehead atoms. The fraction of sp³-hybridized carbons (Fsp3) is 0.538. The van der Waals surface area contributed by atoms with Crippen LogP contribution in [-0.2, 0) is 9.84 Å². The molecule has 2 N–H and O–H groups in total. The molecule has 0 aromatic carbocycles. The first kappa shape index (κ1) is 16.4. The van der Waals surface area contributed by atoms with Crippen LogP contribution in [0.3, 0.4) is 0 Å². The number of aromatic nitrogens is 1. The van der Waals surface area contributed by atoms with E-state index in [9.17, 15) is 13.2 Å². The van der Waals surface area contributed by atoms with Gasteiger partial charge in [-0.2, -0.15) is 0 Å². The van der Waals surface area contributed by atoms with E-state index in [2.05, 4.69) is 15.6 Å². The number of carbonyl (C=O) groups excluding carboxylic acids is 1. The van der Waals surface area contributed by atoms with Crippen LogP contribution in [0.2, 0.25) is 0 Å². The highest BCUT2D eigenvalue weighted by atomic mass is 32.2.